The van der Waals surface area contributed by atoms with Crippen LogP contribution in [0.2, 0.25) is 0 Å². The molecule has 1 aromatic heterocycles. The molecule has 4 heteroatoms. The highest BCUT2D eigenvalue weighted by molar-refractivity contribution is 5.82. The summed E-state index contributed by atoms with van der Waals surface area (Å²) in [5, 5.41) is 0.555. The van der Waals surface area contributed by atoms with Crippen LogP contribution in [-0.4, -0.2) is 20.7 Å². The Morgan fingerprint density at radius 1 is 0.897 bits per heavy atom. The van der Waals surface area contributed by atoms with Crippen molar-refractivity contribution in [1.29, 1.82) is 0 Å². The lowest BCUT2D eigenvalue weighted by Crippen LogP contribution is -2.11. The average Bonchev–Trinajstić information content (AvgIpc) is 2.74. The maximum Gasteiger partial charge on any atom is 0.235 e. The summed E-state index contributed by atoms with van der Waals surface area (Å²) in [6.07, 6.45) is 7.05. The van der Waals surface area contributed by atoms with E-state index in [2.05, 4.69) is 6.92 Å². The van der Waals surface area contributed by atoms with Crippen LogP contribution in [0.15, 0.2) is 57.7 Å². The third-order valence-corrected chi connectivity index (χ3v) is 5.15. The molecule has 0 spiro atoms. The molecule has 0 amide bonds. The number of unbranched alkanes of at least 4 members (excludes halogenated alkanes) is 5. The Hall–Kier alpha value is -2.75. The Morgan fingerprint density at radius 2 is 1.59 bits per heavy atom. The van der Waals surface area contributed by atoms with E-state index in [-0.39, 0.29) is 5.43 Å². The van der Waals surface area contributed by atoms with E-state index in [1.807, 2.05) is 61.5 Å². The van der Waals surface area contributed by atoms with Crippen molar-refractivity contribution < 1.29 is 9.15 Å². The van der Waals surface area contributed by atoms with Gasteiger partial charge in [-0.25, -0.2) is 0 Å². The van der Waals surface area contributed by atoms with Gasteiger partial charge in [-0.15, -0.1) is 0 Å². The van der Waals surface area contributed by atoms with Crippen LogP contribution in [0, 0.1) is 0 Å². The molecule has 0 atom stereocenters. The number of para-hydroxylation sites is 1. The van der Waals surface area contributed by atoms with Gasteiger partial charge < -0.3 is 14.1 Å². The Labute approximate surface area is 173 Å². The summed E-state index contributed by atoms with van der Waals surface area (Å²) >= 11 is 0. The maximum atomic E-state index is 13.1. The van der Waals surface area contributed by atoms with Crippen molar-refractivity contribution in [3.8, 4) is 17.1 Å². The zero-order valence-electron chi connectivity index (χ0n) is 17.7. The van der Waals surface area contributed by atoms with Gasteiger partial charge in [0.2, 0.25) is 11.2 Å². The van der Waals surface area contributed by atoms with Crippen LogP contribution in [0.4, 0.5) is 5.69 Å². The average molecular weight is 394 g/mol. The highest BCUT2D eigenvalue weighted by atomic mass is 16.5. The quantitative estimate of drug-likeness (QED) is 0.381. The maximum absolute atomic E-state index is 13.1. The van der Waals surface area contributed by atoms with Crippen LogP contribution in [0.1, 0.15) is 45.4 Å². The largest absolute Gasteiger partial charge is 0.486 e. The molecule has 154 valence electrons. The van der Waals surface area contributed by atoms with E-state index in [1.54, 1.807) is 6.07 Å². The summed E-state index contributed by atoms with van der Waals surface area (Å²) in [7, 11) is 4.00. The summed E-state index contributed by atoms with van der Waals surface area (Å²) in [4.78, 5) is 15.1. The van der Waals surface area contributed by atoms with Gasteiger partial charge in [0.05, 0.1) is 12.0 Å². The van der Waals surface area contributed by atoms with Gasteiger partial charge in [-0.1, -0.05) is 51.2 Å². The van der Waals surface area contributed by atoms with Gasteiger partial charge in [-0.05, 0) is 42.8 Å². The van der Waals surface area contributed by atoms with Crippen molar-refractivity contribution >= 4 is 16.7 Å². The van der Waals surface area contributed by atoms with Crippen molar-refractivity contribution in [3.63, 3.8) is 0 Å². The second-order valence-electron chi connectivity index (χ2n) is 7.64. The molecule has 0 aliphatic rings. The minimum Gasteiger partial charge on any atom is -0.486 e. The fourth-order valence-electron chi connectivity index (χ4n) is 3.41. The Kier molecular flexibility index (Phi) is 7.34. The number of fused-ring (bicyclic) bond motifs is 1. The lowest BCUT2D eigenvalue weighted by molar-refractivity contribution is 0.297. The lowest BCUT2D eigenvalue weighted by atomic mass is 10.1. The van der Waals surface area contributed by atoms with Crippen molar-refractivity contribution in [2.45, 2.75) is 45.4 Å². The molecule has 0 unspecified atom stereocenters. The summed E-state index contributed by atoms with van der Waals surface area (Å²) < 4.78 is 12.1. The Balaban J connectivity index is 1.86. The van der Waals surface area contributed by atoms with E-state index < -0.39 is 0 Å². The van der Waals surface area contributed by atoms with Gasteiger partial charge in [0.25, 0.3) is 0 Å². The van der Waals surface area contributed by atoms with Crippen LogP contribution in [-0.2, 0) is 0 Å². The Morgan fingerprint density at radius 3 is 2.31 bits per heavy atom. The standard InChI is InChI=1S/C25H31NO3/c1-4-5-6-7-8-11-18-28-25-23(27)21-12-9-10-13-22(21)29-24(25)19-14-16-20(17-15-19)26(2)3/h9-10,12-17H,4-8,11,18H2,1-3H3. The van der Waals surface area contributed by atoms with Gasteiger partial charge in [0, 0.05) is 25.3 Å². The van der Waals surface area contributed by atoms with Crippen LogP contribution in [0.3, 0.4) is 0 Å². The first-order valence-corrected chi connectivity index (χ1v) is 10.6. The zero-order valence-corrected chi connectivity index (χ0v) is 17.7. The van der Waals surface area contributed by atoms with Crippen LogP contribution < -0.4 is 15.1 Å². The topological polar surface area (TPSA) is 42.7 Å². The SMILES string of the molecule is CCCCCCCCOc1c(-c2ccc(N(C)C)cc2)oc2ccccc2c1=O. The number of anilines is 1. The molecule has 3 aromatic rings. The minimum atomic E-state index is -0.107. The fourth-order valence-corrected chi connectivity index (χ4v) is 3.41. The normalized spacial score (nSPS) is 11.0. The Bertz CT molecular complexity index is 974. The van der Waals surface area contributed by atoms with Crippen LogP contribution in [0.5, 0.6) is 5.75 Å². The van der Waals surface area contributed by atoms with E-state index in [1.165, 1.54) is 25.7 Å². The molecule has 29 heavy (non-hydrogen) atoms. The molecule has 0 aliphatic carbocycles. The molecule has 1 heterocycles. The minimum absolute atomic E-state index is 0.107. The van der Waals surface area contributed by atoms with E-state index >= 15 is 0 Å². The predicted octanol–water partition coefficient (Wildman–Crippen LogP) is 6.27. The van der Waals surface area contributed by atoms with Gasteiger partial charge in [-0.2, -0.15) is 0 Å². The van der Waals surface area contributed by atoms with E-state index in [0.29, 0.717) is 29.1 Å². The summed E-state index contributed by atoms with van der Waals surface area (Å²) in [6, 6.07) is 15.3. The third-order valence-electron chi connectivity index (χ3n) is 5.15. The first-order valence-electron chi connectivity index (χ1n) is 10.6. The third kappa shape index (κ3) is 5.20. The van der Waals surface area contributed by atoms with Crippen molar-refractivity contribution in [2.24, 2.45) is 0 Å². The van der Waals surface area contributed by atoms with Gasteiger partial charge in [0.15, 0.2) is 5.76 Å². The molecule has 0 N–H and O–H groups in total. The van der Waals surface area contributed by atoms with Crippen molar-refractivity contribution in [3.05, 3.63) is 58.8 Å². The summed E-state index contributed by atoms with van der Waals surface area (Å²) in [6.45, 7) is 2.74. The van der Waals surface area contributed by atoms with Crippen molar-refractivity contribution in [1.82, 2.24) is 0 Å². The van der Waals surface area contributed by atoms with Gasteiger partial charge in [0.1, 0.15) is 5.58 Å². The first kappa shape index (κ1) is 21.0. The molecular weight excluding hydrogens is 362 g/mol. The number of benzene rings is 2. The smallest absolute Gasteiger partial charge is 0.235 e. The molecule has 0 aliphatic heterocycles. The predicted molar refractivity (Wildman–Crippen MR) is 121 cm³/mol. The van der Waals surface area contributed by atoms with Crippen LogP contribution in [0.25, 0.3) is 22.3 Å². The molecule has 2 aromatic carbocycles. The molecular formula is C25H31NO3. The second kappa shape index (κ2) is 10.1. The van der Waals surface area contributed by atoms with E-state index in [0.717, 1.165) is 24.1 Å². The number of nitrogens with zero attached hydrogens (tertiary/aromatic N) is 1. The fraction of sp³-hybridized carbons (Fsp3) is 0.400. The molecule has 4 nitrogen and oxygen atoms in total. The molecule has 0 radical (unpaired) electrons. The summed E-state index contributed by atoms with van der Waals surface area (Å²) in [5.41, 5.74) is 2.41. The molecule has 0 saturated carbocycles. The highest BCUT2D eigenvalue weighted by Gasteiger charge is 2.17. The monoisotopic (exact) mass is 393 g/mol. The number of hydrogen-bond acceptors (Lipinski definition) is 4. The lowest BCUT2D eigenvalue weighted by Gasteiger charge is -2.14. The highest BCUT2D eigenvalue weighted by Crippen LogP contribution is 2.32. The number of ether oxygens (including phenoxy) is 1. The van der Waals surface area contributed by atoms with Crippen molar-refractivity contribution in [2.75, 3.05) is 25.6 Å². The van der Waals surface area contributed by atoms with Crippen LogP contribution >= 0.6 is 0 Å². The van der Waals surface area contributed by atoms with Gasteiger partial charge >= 0.3 is 0 Å². The first-order chi connectivity index (χ1) is 14.1. The molecule has 0 fully saturated rings. The molecule has 0 saturated heterocycles. The van der Waals surface area contributed by atoms with Gasteiger partial charge in [-0.3, -0.25) is 4.79 Å². The number of hydrogen-bond donors (Lipinski definition) is 0. The van der Waals surface area contributed by atoms with E-state index in [9.17, 15) is 4.79 Å². The number of rotatable bonds is 10. The molecule has 3 rings (SSSR count). The summed E-state index contributed by atoms with van der Waals surface area (Å²) in [5.74, 6) is 0.819. The zero-order chi connectivity index (χ0) is 20.6. The second-order valence-corrected chi connectivity index (χ2v) is 7.64. The van der Waals surface area contributed by atoms with E-state index in [4.69, 9.17) is 9.15 Å². The molecule has 0 bridgehead atoms.